The van der Waals surface area contributed by atoms with Crippen molar-refractivity contribution in [1.29, 1.82) is 0 Å². The smallest absolute Gasteiger partial charge is 0.255 e. The van der Waals surface area contributed by atoms with Gasteiger partial charge in [-0.3, -0.25) is 4.79 Å². The maximum Gasteiger partial charge on any atom is 0.255 e. The molecule has 22 heavy (non-hydrogen) atoms. The molecular formula is C17H19ClN2O2. The Labute approximate surface area is 135 Å². The fourth-order valence-corrected chi connectivity index (χ4v) is 2.22. The molecule has 0 aliphatic carbocycles. The number of amides is 1. The van der Waals surface area contributed by atoms with Crippen LogP contribution in [0.25, 0.3) is 0 Å². The van der Waals surface area contributed by atoms with E-state index in [4.69, 9.17) is 22.1 Å². The molecule has 0 heterocycles. The summed E-state index contributed by atoms with van der Waals surface area (Å²) in [5.74, 6) is 0.105. The van der Waals surface area contributed by atoms with Crippen molar-refractivity contribution in [3.8, 4) is 5.75 Å². The van der Waals surface area contributed by atoms with E-state index in [1.54, 1.807) is 12.1 Å². The molecule has 0 spiro atoms. The van der Waals surface area contributed by atoms with Crippen LogP contribution >= 0.6 is 11.6 Å². The summed E-state index contributed by atoms with van der Waals surface area (Å²) in [4.78, 5) is 10.8. The minimum absolute atomic E-state index is 0.146. The predicted molar refractivity (Wildman–Crippen MR) is 87.9 cm³/mol. The number of carbonyl (C=O) groups excluding carboxylic acids is 1. The third-order valence-corrected chi connectivity index (χ3v) is 3.39. The third kappa shape index (κ3) is 5.06. The lowest BCUT2D eigenvalue weighted by atomic mass is 10.1. The Morgan fingerprint density at radius 1 is 1.18 bits per heavy atom. The summed E-state index contributed by atoms with van der Waals surface area (Å²) < 4.78 is 5.40. The van der Waals surface area contributed by atoms with E-state index in [2.05, 4.69) is 36.5 Å². The van der Waals surface area contributed by atoms with Crippen molar-refractivity contribution >= 4 is 17.5 Å². The number of carbonyl (C=O) groups is 1. The van der Waals surface area contributed by atoms with Crippen LogP contribution in [0.5, 0.6) is 5.75 Å². The minimum Gasteiger partial charge on any atom is -0.483 e. The molecule has 0 atom stereocenters. The first-order chi connectivity index (χ1) is 10.5. The quantitative estimate of drug-likeness (QED) is 0.825. The van der Waals surface area contributed by atoms with Crippen LogP contribution in [-0.4, -0.2) is 12.5 Å². The number of hydrogen-bond donors (Lipinski definition) is 2. The van der Waals surface area contributed by atoms with Gasteiger partial charge in [-0.2, -0.15) is 0 Å². The molecule has 0 aliphatic rings. The normalized spacial score (nSPS) is 10.5. The van der Waals surface area contributed by atoms with E-state index in [0.29, 0.717) is 17.3 Å². The van der Waals surface area contributed by atoms with Crippen LogP contribution in [-0.2, 0) is 17.9 Å². The Morgan fingerprint density at radius 3 is 2.59 bits per heavy atom. The largest absolute Gasteiger partial charge is 0.483 e. The Hall–Kier alpha value is -2.04. The second kappa shape index (κ2) is 7.82. The molecule has 0 aliphatic heterocycles. The van der Waals surface area contributed by atoms with Gasteiger partial charge in [0, 0.05) is 23.7 Å². The van der Waals surface area contributed by atoms with Gasteiger partial charge in [0.2, 0.25) is 0 Å². The van der Waals surface area contributed by atoms with Crippen molar-refractivity contribution in [1.82, 2.24) is 5.32 Å². The first kappa shape index (κ1) is 16.3. The van der Waals surface area contributed by atoms with Gasteiger partial charge in [-0.05, 0) is 30.7 Å². The van der Waals surface area contributed by atoms with Crippen LogP contribution < -0.4 is 15.8 Å². The molecule has 0 radical (unpaired) electrons. The van der Waals surface area contributed by atoms with Crippen LogP contribution in [0.15, 0.2) is 42.5 Å². The molecule has 2 aromatic rings. The zero-order chi connectivity index (χ0) is 15.9. The van der Waals surface area contributed by atoms with Crippen LogP contribution in [0.4, 0.5) is 0 Å². The number of nitrogens with one attached hydrogen (secondary N) is 1. The monoisotopic (exact) mass is 318 g/mol. The van der Waals surface area contributed by atoms with Crippen molar-refractivity contribution in [2.24, 2.45) is 5.73 Å². The highest BCUT2D eigenvalue weighted by atomic mass is 35.5. The lowest BCUT2D eigenvalue weighted by Gasteiger charge is -2.12. The molecule has 4 nitrogen and oxygen atoms in total. The van der Waals surface area contributed by atoms with Gasteiger partial charge in [-0.15, -0.1) is 0 Å². The Balaban J connectivity index is 1.97. The molecule has 0 fully saturated rings. The highest BCUT2D eigenvalue weighted by Crippen LogP contribution is 2.23. The number of nitrogens with two attached hydrogens (primary N) is 1. The topological polar surface area (TPSA) is 64.3 Å². The summed E-state index contributed by atoms with van der Waals surface area (Å²) in [6.45, 7) is 3.24. The zero-order valence-corrected chi connectivity index (χ0v) is 13.2. The maximum atomic E-state index is 10.8. The summed E-state index contributed by atoms with van der Waals surface area (Å²) in [6.07, 6.45) is 0. The second-order valence-electron chi connectivity index (χ2n) is 5.10. The summed E-state index contributed by atoms with van der Waals surface area (Å²) >= 11 is 6.02. The molecule has 0 saturated carbocycles. The Morgan fingerprint density at radius 2 is 1.91 bits per heavy atom. The second-order valence-corrected chi connectivity index (χ2v) is 5.53. The van der Waals surface area contributed by atoms with Crippen molar-refractivity contribution in [3.05, 3.63) is 64.2 Å². The molecule has 0 unspecified atom stereocenters. The van der Waals surface area contributed by atoms with Crippen molar-refractivity contribution in [2.45, 2.75) is 20.0 Å². The Bertz CT molecular complexity index is 642. The number of halogens is 1. The van der Waals surface area contributed by atoms with Crippen LogP contribution in [0.3, 0.4) is 0 Å². The number of aryl methyl sites for hydroxylation is 1. The molecule has 3 N–H and O–H groups in total. The molecule has 2 rings (SSSR count). The highest BCUT2D eigenvalue weighted by molar-refractivity contribution is 6.30. The van der Waals surface area contributed by atoms with E-state index in [0.717, 1.165) is 12.1 Å². The van der Waals surface area contributed by atoms with E-state index >= 15 is 0 Å². The number of hydrogen-bond acceptors (Lipinski definition) is 3. The lowest BCUT2D eigenvalue weighted by molar-refractivity contribution is -0.119. The predicted octanol–water partition coefficient (Wildman–Crippen LogP) is 2.80. The van der Waals surface area contributed by atoms with Gasteiger partial charge in [0.05, 0.1) is 0 Å². The van der Waals surface area contributed by atoms with E-state index in [1.807, 2.05) is 6.07 Å². The molecule has 1 amide bonds. The average Bonchev–Trinajstić information content (AvgIpc) is 2.48. The Kier molecular flexibility index (Phi) is 5.81. The van der Waals surface area contributed by atoms with E-state index in [1.165, 1.54) is 11.1 Å². The molecule has 5 heteroatoms. The summed E-state index contributed by atoms with van der Waals surface area (Å²) in [5.41, 5.74) is 8.43. The van der Waals surface area contributed by atoms with Gasteiger partial charge in [-0.1, -0.05) is 41.4 Å². The SMILES string of the molecule is Cc1ccc(CNCc2cc(Cl)ccc2OCC(N)=O)cc1. The number of benzene rings is 2. The van der Waals surface area contributed by atoms with E-state index in [-0.39, 0.29) is 6.61 Å². The van der Waals surface area contributed by atoms with Gasteiger partial charge in [0.25, 0.3) is 5.91 Å². The molecule has 0 bridgehead atoms. The summed E-state index contributed by atoms with van der Waals surface area (Å²) in [5, 5.41) is 3.96. The van der Waals surface area contributed by atoms with Crippen molar-refractivity contribution < 1.29 is 9.53 Å². The number of primary amides is 1. The number of ether oxygens (including phenoxy) is 1. The molecule has 2 aromatic carbocycles. The molecular weight excluding hydrogens is 300 g/mol. The highest BCUT2D eigenvalue weighted by Gasteiger charge is 2.06. The number of rotatable bonds is 7. The first-order valence-corrected chi connectivity index (χ1v) is 7.38. The summed E-state index contributed by atoms with van der Waals surface area (Å²) in [7, 11) is 0. The lowest BCUT2D eigenvalue weighted by Crippen LogP contribution is -2.21. The molecule has 0 aromatic heterocycles. The molecule has 0 saturated heterocycles. The third-order valence-electron chi connectivity index (χ3n) is 3.16. The van der Waals surface area contributed by atoms with Crippen molar-refractivity contribution in [3.63, 3.8) is 0 Å². The van der Waals surface area contributed by atoms with Crippen LogP contribution in [0, 0.1) is 6.92 Å². The maximum absolute atomic E-state index is 10.8. The van der Waals surface area contributed by atoms with Crippen LogP contribution in [0.1, 0.15) is 16.7 Å². The van der Waals surface area contributed by atoms with Crippen molar-refractivity contribution in [2.75, 3.05) is 6.61 Å². The van der Waals surface area contributed by atoms with E-state index < -0.39 is 5.91 Å². The average molecular weight is 319 g/mol. The standard InChI is InChI=1S/C17H19ClN2O2/c1-12-2-4-13(5-3-12)9-20-10-14-8-15(18)6-7-16(14)22-11-17(19)21/h2-8,20H,9-11H2,1H3,(H2,19,21). The van der Waals surface area contributed by atoms with E-state index in [9.17, 15) is 4.79 Å². The van der Waals surface area contributed by atoms with Gasteiger partial charge in [0.15, 0.2) is 6.61 Å². The van der Waals surface area contributed by atoms with Gasteiger partial charge in [-0.25, -0.2) is 0 Å². The summed E-state index contributed by atoms with van der Waals surface area (Å²) in [6, 6.07) is 13.6. The zero-order valence-electron chi connectivity index (χ0n) is 12.4. The molecule has 116 valence electrons. The fraction of sp³-hybridized carbons (Fsp3) is 0.235. The van der Waals surface area contributed by atoms with Gasteiger partial charge < -0.3 is 15.8 Å². The first-order valence-electron chi connectivity index (χ1n) is 7.00. The van der Waals surface area contributed by atoms with Gasteiger partial charge >= 0.3 is 0 Å². The van der Waals surface area contributed by atoms with Gasteiger partial charge in [0.1, 0.15) is 5.75 Å². The van der Waals surface area contributed by atoms with Crippen LogP contribution in [0.2, 0.25) is 5.02 Å². The minimum atomic E-state index is -0.506. The fourth-order valence-electron chi connectivity index (χ4n) is 2.02.